The molecule has 9 heavy (non-hydrogen) atoms. The Hall–Kier alpha value is -0.270. The second-order valence-electron chi connectivity index (χ2n) is 1.28. The summed E-state index contributed by atoms with van der Waals surface area (Å²) >= 11 is 11.0. The van der Waals surface area contributed by atoms with Gasteiger partial charge in [0.05, 0.1) is 5.02 Å². The third-order valence-electron chi connectivity index (χ3n) is 0.714. The number of pyridine rings is 1. The maximum Gasteiger partial charge on any atom is 0.147 e. The molecular weight excluding hydrogens is 157 g/mol. The van der Waals surface area contributed by atoms with Gasteiger partial charge in [-0.15, -0.1) is 0 Å². The van der Waals surface area contributed by atoms with Crippen LogP contribution >= 0.6 is 23.2 Å². The molecule has 0 aliphatic carbocycles. The molecule has 0 amide bonds. The maximum atomic E-state index is 5.51. The molecule has 0 N–H and O–H groups in total. The third-order valence-corrected chi connectivity index (χ3v) is 1.42. The van der Waals surface area contributed by atoms with Crippen LogP contribution in [0.2, 0.25) is 10.2 Å². The van der Waals surface area contributed by atoms with E-state index in [2.05, 4.69) is 4.98 Å². The zero-order valence-corrected chi connectivity index (χ0v) is 5.45. The van der Waals surface area contributed by atoms with Crippen molar-refractivity contribution < 1.29 is 0 Å². The summed E-state index contributed by atoms with van der Waals surface area (Å²) in [6, 6.07) is 3.42. The number of nitrogens with zero attached hydrogens (tertiary/aromatic N) is 1. The van der Waals surface area contributed by atoms with Crippen molar-refractivity contribution in [1.82, 2.24) is 4.98 Å². The highest BCUT2D eigenvalue weighted by Crippen LogP contribution is 2.16. The van der Waals surface area contributed by atoms with Crippen LogP contribution in [-0.2, 0) is 0 Å². The molecule has 0 aliphatic rings. The summed E-state index contributed by atoms with van der Waals surface area (Å²) in [7, 11) is 0. The van der Waals surface area contributed by atoms with Crippen molar-refractivity contribution in [3.63, 3.8) is 0 Å². The fraction of sp³-hybridized carbons (Fsp3) is 0.167. The van der Waals surface area contributed by atoms with Crippen LogP contribution in [-0.4, -0.2) is 4.98 Å². The van der Waals surface area contributed by atoms with Crippen molar-refractivity contribution in [3.05, 3.63) is 28.5 Å². The Kier molecular flexibility index (Phi) is 3.59. The predicted molar refractivity (Wildman–Crippen MR) is 41.0 cm³/mol. The Bertz CT molecular complexity index is 167. The van der Waals surface area contributed by atoms with E-state index in [9.17, 15) is 0 Å². The first-order valence-corrected chi connectivity index (χ1v) is 2.82. The lowest BCUT2D eigenvalue weighted by atomic mass is 10.5. The Balaban J connectivity index is 0.000000640. The Morgan fingerprint density at radius 2 is 2.00 bits per heavy atom. The topological polar surface area (TPSA) is 12.9 Å². The average Bonchev–Trinajstić information content (AvgIpc) is 1.77. The van der Waals surface area contributed by atoms with Crippen LogP contribution in [0.4, 0.5) is 0 Å². The maximum absolute atomic E-state index is 5.51. The molecule has 0 spiro atoms. The highest BCUT2D eigenvalue weighted by atomic mass is 35.5. The van der Waals surface area contributed by atoms with Crippen molar-refractivity contribution >= 4 is 23.2 Å². The van der Waals surface area contributed by atoms with Crippen molar-refractivity contribution in [1.29, 1.82) is 0 Å². The molecule has 0 aliphatic heterocycles. The Labute approximate surface area is 64.6 Å². The van der Waals surface area contributed by atoms with Gasteiger partial charge in [-0.25, -0.2) is 4.98 Å². The second-order valence-corrected chi connectivity index (χ2v) is 2.04. The van der Waals surface area contributed by atoms with Gasteiger partial charge in [-0.05, 0) is 12.1 Å². The van der Waals surface area contributed by atoms with E-state index < -0.39 is 0 Å². The van der Waals surface area contributed by atoms with Crippen molar-refractivity contribution in [2.75, 3.05) is 0 Å². The first-order chi connectivity index (χ1) is 3.80. The SMILES string of the molecule is C.Clc1cccnc1Cl. The highest BCUT2D eigenvalue weighted by Gasteiger charge is 1.91. The first-order valence-electron chi connectivity index (χ1n) is 2.07. The zero-order chi connectivity index (χ0) is 5.98. The number of halogens is 2. The van der Waals surface area contributed by atoms with E-state index in [0.29, 0.717) is 10.2 Å². The molecule has 0 radical (unpaired) electrons. The van der Waals surface area contributed by atoms with Crippen LogP contribution in [0.25, 0.3) is 0 Å². The van der Waals surface area contributed by atoms with E-state index in [4.69, 9.17) is 23.2 Å². The van der Waals surface area contributed by atoms with Gasteiger partial charge in [0, 0.05) is 6.20 Å². The van der Waals surface area contributed by atoms with Gasteiger partial charge in [0.15, 0.2) is 0 Å². The number of hydrogen-bond acceptors (Lipinski definition) is 1. The minimum Gasteiger partial charge on any atom is -0.243 e. The molecule has 1 rings (SSSR count). The minimum absolute atomic E-state index is 0. The van der Waals surface area contributed by atoms with Crippen LogP contribution in [0, 0.1) is 0 Å². The first kappa shape index (κ1) is 8.73. The van der Waals surface area contributed by atoms with Crippen molar-refractivity contribution in [3.8, 4) is 0 Å². The Morgan fingerprint density at radius 1 is 1.33 bits per heavy atom. The average molecular weight is 164 g/mol. The lowest BCUT2D eigenvalue weighted by Crippen LogP contribution is -1.70. The summed E-state index contributed by atoms with van der Waals surface area (Å²) < 4.78 is 0. The van der Waals surface area contributed by atoms with E-state index in [-0.39, 0.29) is 7.43 Å². The molecule has 0 aromatic carbocycles. The summed E-state index contributed by atoms with van der Waals surface area (Å²) in [6.45, 7) is 0. The van der Waals surface area contributed by atoms with Crippen LogP contribution < -0.4 is 0 Å². The van der Waals surface area contributed by atoms with E-state index in [1.54, 1.807) is 18.3 Å². The van der Waals surface area contributed by atoms with Gasteiger partial charge in [-0.1, -0.05) is 30.6 Å². The van der Waals surface area contributed by atoms with E-state index in [1.807, 2.05) is 0 Å². The molecule has 1 nitrogen and oxygen atoms in total. The fourth-order valence-corrected chi connectivity index (χ4v) is 0.607. The van der Waals surface area contributed by atoms with Gasteiger partial charge < -0.3 is 0 Å². The predicted octanol–water partition coefficient (Wildman–Crippen LogP) is 3.02. The van der Waals surface area contributed by atoms with Crippen molar-refractivity contribution in [2.24, 2.45) is 0 Å². The second kappa shape index (κ2) is 3.70. The van der Waals surface area contributed by atoms with E-state index in [0.717, 1.165) is 0 Å². The smallest absolute Gasteiger partial charge is 0.147 e. The molecule has 3 heteroatoms. The monoisotopic (exact) mass is 163 g/mol. The van der Waals surface area contributed by atoms with Crippen LogP contribution in [0.5, 0.6) is 0 Å². The molecule has 0 bridgehead atoms. The molecule has 0 saturated heterocycles. The number of hydrogen-bond donors (Lipinski definition) is 0. The van der Waals surface area contributed by atoms with Crippen LogP contribution in [0.1, 0.15) is 7.43 Å². The van der Waals surface area contributed by atoms with Gasteiger partial charge in [0.2, 0.25) is 0 Å². The van der Waals surface area contributed by atoms with Gasteiger partial charge in [-0.3, -0.25) is 0 Å². The standard InChI is InChI=1S/C5H3Cl2N.CH4/c6-4-2-1-3-8-5(4)7;/h1-3H;1H4. The summed E-state index contributed by atoms with van der Waals surface area (Å²) in [5, 5.41) is 0.850. The Morgan fingerprint density at radius 3 is 2.33 bits per heavy atom. The number of aromatic nitrogens is 1. The normalized spacial score (nSPS) is 8.22. The summed E-state index contributed by atoms with van der Waals surface area (Å²) in [5.74, 6) is 0. The summed E-state index contributed by atoms with van der Waals surface area (Å²) in [5.41, 5.74) is 0. The lowest BCUT2D eigenvalue weighted by Gasteiger charge is -1.87. The molecular formula is C6H7Cl2N. The molecule has 1 heterocycles. The van der Waals surface area contributed by atoms with E-state index in [1.165, 1.54) is 0 Å². The largest absolute Gasteiger partial charge is 0.243 e. The van der Waals surface area contributed by atoms with Gasteiger partial charge >= 0.3 is 0 Å². The molecule has 0 atom stereocenters. The minimum atomic E-state index is 0. The van der Waals surface area contributed by atoms with Crippen LogP contribution in [0.15, 0.2) is 18.3 Å². The van der Waals surface area contributed by atoms with Crippen molar-refractivity contribution in [2.45, 2.75) is 7.43 Å². The van der Waals surface area contributed by atoms with E-state index >= 15 is 0 Å². The lowest BCUT2D eigenvalue weighted by molar-refractivity contribution is 1.33. The van der Waals surface area contributed by atoms with Gasteiger partial charge in [0.1, 0.15) is 5.15 Å². The summed E-state index contributed by atoms with van der Waals surface area (Å²) in [6.07, 6.45) is 1.59. The third kappa shape index (κ3) is 2.20. The highest BCUT2D eigenvalue weighted by molar-refractivity contribution is 6.41. The molecule has 0 unspecified atom stereocenters. The molecule has 1 aromatic rings. The van der Waals surface area contributed by atoms with Crippen LogP contribution in [0.3, 0.4) is 0 Å². The zero-order valence-electron chi connectivity index (χ0n) is 3.94. The fourth-order valence-electron chi connectivity index (χ4n) is 0.366. The summed E-state index contributed by atoms with van der Waals surface area (Å²) in [4.78, 5) is 3.71. The molecule has 0 fully saturated rings. The quantitative estimate of drug-likeness (QED) is 0.537. The van der Waals surface area contributed by atoms with Gasteiger partial charge in [0.25, 0.3) is 0 Å². The number of rotatable bonds is 0. The van der Waals surface area contributed by atoms with Gasteiger partial charge in [-0.2, -0.15) is 0 Å². The molecule has 1 aromatic heterocycles. The molecule has 0 saturated carbocycles. The molecule has 50 valence electrons.